The lowest BCUT2D eigenvalue weighted by Crippen LogP contribution is -2.28. The molecule has 0 aliphatic heterocycles. The number of esters is 1. The molecule has 0 aromatic carbocycles. The highest BCUT2D eigenvalue weighted by Gasteiger charge is 2.27. The number of thiophene rings is 2. The average molecular weight is 474 g/mol. The van der Waals surface area contributed by atoms with Gasteiger partial charge in [0.2, 0.25) is 11.7 Å². The van der Waals surface area contributed by atoms with E-state index in [4.69, 9.17) is 4.74 Å². The average Bonchev–Trinajstić information content (AvgIpc) is 3.42. The summed E-state index contributed by atoms with van der Waals surface area (Å²) >= 11 is 2.68. The number of nitrogens with zero attached hydrogens (tertiary/aromatic N) is 4. The summed E-state index contributed by atoms with van der Waals surface area (Å²) < 4.78 is 9.30. The SMILES string of the molecule is Cc1sc(NC(=O)C(C)(C)C)c(C(=O)OCc2nnc3n(C)c(=O)c4sccc4n23)c1C. The van der Waals surface area contributed by atoms with E-state index >= 15 is 0 Å². The van der Waals surface area contributed by atoms with Crippen LogP contribution >= 0.6 is 22.7 Å². The summed E-state index contributed by atoms with van der Waals surface area (Å²) in [5.74, 6) is 0.0288. The van der Waals surface area contributed by atoms with Crippen molar-refractivity contribution in [1.82, 2.24) is 19.2 Å². The van der Waals surface area contributed by atoms with Crippen molar-refractivity contribution in [3.63, 3.8) is 0 Å². The molecule has 4 heterocycles. The molecule has 0 aliphatic rings. The summed E-state index contributed by atoms with van der Waals surface area (Å²) in [5.41, 5.74) is 1.02. The molecule has 4 rings (SSSR count). The van der Waals surface area contributed by atoms with Crippen LogP contribution in [0.4, 0.5) is 5.00 Å². The number of rotatable bonds is 4. The Hall–Kier alpha value is -3.05. The maximum atomic E-state index is 13.0. The van der Waals surface area contributed by atoms with Gasteiger partial charge in [-0.2, -0.15) is 0 Å². The Bertz CT molecular complexity index is 1430. The standard InChI is InChI=1S/C21H23N5O4S2/c1-10-11(2)32-16(22-19(29)21(3,4)5)14(10)18(28)30-9-13-23-24-20-25(6)17(27)15-12(26(13)20)7-8-31-15/h7-8H,9H2,1-6H3,(H,22,29). The molecule has 32 heavy (non-hydrogen) atoms. The van der Waals surface area contributed by atoms with Crippen molar-refractivity contribution >= 4 is 55.5 Å². The topological polar surface area (TPSA) is 108 Å². The lowest BCUT2D eigenvalue weighted by Gasteiger charge is -2.17. The molecular formula is C21H23N5O4S2. The Morgan fingerprint density at radius 2 is 1.94 bits per heavy atom. The summed E-state index contributed by atoms with van der Waals surface area (Å²) in [6.07, 6.45) is 0. The Morgan fingerprint density at radius 3 is 2.62 bits per heavy atom. The van der Waals surface area contributed by atoms with Gasteiger partial charge in [0.25, 0.3) is 5.56 Å². The van der Waals surface area contributed by atoms with E-state index in [9.17, 15) is 14.4 Å². The molecule has 4 aromatic heterocycles. The van der Waals surface area contributed by atoms with Crippen molar-refractivity contribution in [2.24, 2.45) is 12.5 Å². The summed E-state index contributed by atoms with van der Waals surface area (Å²) in [6.45, 7) is 9.01. The predicted octanol–water partition coefficient (Wildman–Crippen LogP) is 3.66. The molecule has 0 saturated carbocycles. The number of carbonyl (C=O) groups excluding carboxylic acids is 2. The van der Waals surface area contributed by atoms with Gasteiger partial charge in [0.15, 0.2) is 12.4 Å². The first-order valence-corrected chi connectivity index (χ1v) is 11.6. The molecule has 0 atom stereocenters. The second kappa shape index (κ2) is 7.82. The molecule has 0 saturated heterocycles. The van der Waals surface area contributed by atoms with Crippen LogP contribution < -0.4 is 10.9 Å². The van der Waals surface area contributed by atoms with Gasteiger partial charge in [0.05, 0.1) is 11.1 Å². The van der Waals surface area contributed by atoms with Crippen LogP contribution in [0.1, 0.15) is 47.4 Å². The van der Waals surface area contributed by atoms with Crippen LogP contribution in [-0.2, 0) is 23.2 Å². The largest absolute Gasteiger partial charge is 0.454 e. The van der Waals surface area contributed by atoms with Crippen LogP contribution in [0, 0.1) is 19.3 Å². The van der Waals surface area contributed by atoms with E-state index in [1.54, 1.807) is 11.4 Å². The Kier molecular flexibility index (Phi) is 5.41. The van der Waals surface area contributed by atoms with E-state index in [1.807, 2.05) is 46.1 Å². The number of carbonyl (C=O) groups is 2. The van der Waals surface area contributed by atoms with Crippen LogP contribution in [0.3, 0.4) is 0 Å². The fourth-order valence-corrected chi connectivity index (χ4v) is 5.09. The van der Waals surface area contributed by atoms with Crippen LogP contribution in [0.2, 0.25) is 0 Å². The Morgan fingerprint density at radius 1 is 1.22 bits per heavy atom. The van der Waals surface area contributed by atoms with E-state index in [0.717, 1.165) is 10.4 Å². The molecule has 0 unspecified atom stereocenters. The quantitative estimate of drug-likeness (QED) is 0.453. The number of fused-ring (bicyclic) bond motifs is 3. The second-order valence-electron chi connectivity index (χ2n) is 8.52. The highest BCUT2D eigenvalue weighted by Crippen LogP contribution is 2.34. The first kappa shape index (κ1) is 22.2. The van der Waals surface area contributed by atoms with Crippen LogP contribution in [0.15, 0.2) is 16.2 Å². The molecule has 11 heteroatoms. The predicted molar refractivity (Wildman–Crippen MR) is 125 cm³/mol. The summed E-state index contributed by atoms with van der Waals surface area (Å²) in [4.78, 5) is 38.9. The zero-order valence-electron chi connectivity index (χ0n) is 18.6. The van der Waals surface area contributed by atoms with Gasteiger partial charge in [-0.1, -0.05) is 20.8 Å². The first-order chi connectivity index (χ1) is 15.0. The number of hydrogen-bond acceptors (Lipinski definition) is 8. The second-order valence-corrected chi connectivity index (χ2v) is 10.7. The molecule has 1 amide bonds. The number of anilines is 1. The van der Waals surface area contributed by atoms with Crippen molar-refractivity contribution in [2.45, 2.75) is 41.2 Å². The minimum Gasteiger partial charge on any atom is -0.454 e. The van der Waals surface area contributed by atoms with E-state index < -0.39 is 11.4 Å². The molecular weight excluding hydrogens is 450 g/mol. The van der Waals surface area contributed by atoms with E-state index in [1.165, 1.54) is 27.2 Å². The van der Waals surface area contributed by atoms with Gasteiger partial charge in [-0.15, -0.1) is 32.9 Å². The lowest BCUT2D eigenvalue weighted by atomic mass is 9.96. The first-order valence-electron chi connectivity index (χ1n) is 9.89. The zero-order chi connectivity index (χ0) is 23.4. The van der Waals surface area contributed by atoms with Gasteiger partial charge in [-0.3, -0.25) is 18.6 Å². The maximum Gasteiger partial charge on any atom is 0.341 e. The van der Waals surface area contributed by atoms with Gasteiger partial charge < -0.3 is 10.1 Å². The summed E-state index contributed by atoms with van der Waals surface area (Å²) in [6, 6.07) is 1.82. The number of aromatic nitrogens is 4. The smallest absolute Gasteiger partial charge is 0.341 e. The van der Waals surface area contributed by atoms with Crippen molar-refractivity contribution in [3.05, 3.63) is 43.6 Å². The van der Waals surface area contributed by atoms with Crippen molar-refractivity contribution in [1.29, 1.82) is 0 Å². The van der Waals surface area contributed by atoms with Gasteiger partial charge in [-0.05, 0) is 30.9 Å². The third kappa shape index (κ3) is 3.61. The third-order valence-electron chi connectivity index (χ3n) is 5.23. The zero-order valence-corrected chi connectivity index (χ0v) is 20.2. The molecule has 0 radical (unpaired) electrons. The van der Waals surface area contributed by atoms with Crippen molar-refractivity contribution in [2.75, 3.05) is 5.32 Å². The molecule has 0 aliphatic carbocycles. The molecule has 1 N–H and O–H groups in total. The highest BCUT2D eigenvalue weighted by atomic mass is 32.1. The number of nitrogens with one attached hydrogen (secondary N) is 1. The van der Waals surface area contributed by atoms with Crippen LogP contribution in [0.5, 0.6) is 0 Å². The maximum absolute atomic E-state index is 13.0. The molecule has 0 spiro atoms. The minimum absolute atomic E-state index is 0.135. The molecule has 0 bridgehead atoms. The van der Waals surface area contributed by atoms with E-state index in [0.29, 0.717) is 32.4 Å². The van der Waals surface area contributed by atoms with Crippen molar-refractivity contribution in [3.8, 4) is 0 Å². The van der Waals surface area contributed by atoms with E-state index in [-0.39, 0.29) is 18.1 Å². The molecule has 4 aromatic rings. The summed E-state index contributed by atoms with van der Waals surface area (Å²) in [7, 11) is 1.63. The molecule has 9 nitrogen and oxygen atoms in total. The number of ether oxygens (including phenoxy) is 1. The molecule has 0 fully saturated rings. The number of amides is 1. The van der Waals surface area contributed by atoms with Gasteiger partial charge in [0.1, 0.15) is 9.70 Å². The fraction of sp³-hybridized carbons (Fsp3) is 0.381. The Balaban J connectivity index is 1.65. The minimum atomic E-state index is -0.602. The summed E-state index contributed by atoms with van der Waals surface area (Å²) in [5, 5.41) is 13.4. The van der Waals surface area contributed by atoms with Gasteiger partial charge in [-0.25, -0.2) is 4.79 Å². The third-order valence-corrected chi connectivity index (χ3v) is 7.24. The number of aryl methyl sites for hydroxylation is 2. The fourth-order valence-electron chi connectivity index (χ4n) is 3.20. The van der Waals surface area contributed by atoms with Crippen LogP contribution in [0.25, 0.3) is 16.0 Å². The highest BCUT2D eigenvalue weighted by molar-refractivity contribution is 7.17. The van der Waals surface area contributed by atoms with Crippen molar-refractivity contribution < 1.29 is 14.3 Å². The van der Waals surface area contributed by atoms with Gasteiger partial charge >= 0.3 is 5.97 Å². The van der Waals surface area contributed by atoms with Crippen LogP contribution in [-0.4, -0.2) is 31.0 Å². The Labute approximate surface area is 191 Å². The normalized spacial score (nSPS) is 11.9. The molecule has 168 valence electrons. The monoisotopic (exact) mass is 473 g/mol. The lowest BCUT2D eigenvalue weighted by molar-refractivity contribution is -0.123. The van der Waals surface area contributed by atoms with Gasteiger partial charge in [0, 0.05) is 17.3 Å². The van der Waals surface area contributed by atoms with E-state index in [2.05, 4.69) is 15.5 Å². The number of hydrogen-bond donors (Lipinski definition) is 1.